The normalized spacial score (nSPS) is 14.0. The van der Waals surface area contributed by atoms with Gasteiger partial charge in [-0.05, 0) is 25.7 Å². The first-order valence-electron chi connectivity index (χ1n) is 9.60. The van der Waals surface area contributed by atoms with E-state index in [0.717, 1.165) is 57.8 Å². The molecule has 0 spiro atoms. The number of ether oxygens (including phenoxy) is 1. The van der Waals surface area contributed by atoms with Gasteiger partial charge in [-0.1, -0.05) is 58.8 Å². The largest absolute Gasteiger partial charge is 0.481 e. The van der Waals surface area contributed by atoms with Crippen LogP contribution >= 0.6 is 0 Å². The van der Waals surface area contributed by atoms with Gasteiger partial charge < -0.3 is 9.84 Å². The maximum atomic E-state index is 12.1. The van der Waals surface area contributed by atoms with Crippen LogP contribution in [0.4, 0.5) is 0 Å². The van der Waals surface area contributed by atoms with E-state index in [-0.39, 0.29) is 0 Å². The molecule has 2 atom stereocenters. The fourth-order valence-electron chi connectivity index (χ4n) is 2.75. The minimum atomic E-state index is -4.82. The third-order valence-electron chi connectivity index (χ3n) is 4.27. The molecule has 0 amide bonds. The van der Waals surface area contributed by atoms with Crippen molar-refractivity contribution in [2.45, 2.75) is 102 Å². The Morgan fingerprint density at radius 1 is 0.885 bits per heavy atom. The minimum absolute atomic E-state index is 0.445. The molecule has 0 saturated heterocycles. The monoisotopic (exact) mass is 394 g/mol. The van der Waals surface area contributed by atoms with Crippen molar-refractivity contribution in [3.8, 4) is 0 Å². The number of carbonyl (C=O) groups excluding carboxylic acids is 1. The molecule has 0 bridgehead atoms. The van der Waals surface area contributed by atoms with E-state index in [0.29, 0.717) is 12.8 Å². The van der Waals surface area contributed by atoms with Gasteiger partial charge in [0.1, 0.15) is 6.10 Å². The van der Waals surface area contributed by atoms with Crippen molar-refractivity contribution in [3.05, 3.63) is 0 Å². The number of hydrogen-bond acceptors (Lipinski definition) is 5. The third kappa shape index (κ3) is 12.2. The van der Waals surface area contributed by atoms with Crippen molar-refractivity contribution in [2.24, 2.45) is 0 Å². The van der Waals surface area contributed by atoms with Crippen LogP contribution < -0.4 is 0 Å². The van der Waals surface area contributed by atoms with Crippen molar-refractivity contribution < 1.29 is 32.4 Å². The Morgan fingerprint density at radius 2 is 1.35 bits per heavy atom. The summed E-state index contributed by atoms with van der Waals surface area (Å²) < 4.78 is 37.0. The van der Waals surface area contributed by atoms with Crippen LogP contribution in [0.25, 0.3) is 0 Å². The standard InChI is InChI=1S/C18H34O7S/c1-3-5-7-9-11-13-15(12-10-8-6-4-2)25-18(21)16(14-17(19)20)26(22,23)24/h15-16H,3-14H2,1-2H3,(H,19,20)(H,22,23,24). The van der Waals surface area contributed by atoms with Gasteiger partial charge in [-0.15, -0.1) is 0 Å². The van der Waals surface area contributed by atoms with Gasteiger partial charge in [0.15, 0.2) is 5.25 Å². The number of aliphatic carboxylic acids is 1. The zero-order valence-electron chi connectivity index (χ0n) is 16.0. The van der Waals surface area contributed by atoms with Crippen molar-refractivity contribution in [1.82, 2.24) is 0 Å². The summed E-state index contributed by atoms with van der Waals surface area (Å²) in [5, 5.41) is 6.70. The molecule has 0 radical (unpaired) electrons. The second kappa shape index (κ2) is 14.0. The lowest BCUT2D eigenvalue weighted by atomic mass is 10.0. The summed E-state index contributed by atoms with van der Waals surface area (Å²) in [6.07, 6.45) is 9.02. The van der Waals surface area contributed by atoms with Gasteiger partial charge >= 0.3 is 11.9 Å². The number of rotatable bonds is 16. The predicted molar refractivity (Wildman–Crippen MR) is 99.6 cm³/mol. The average molecular weight is 395 g/mol. The number of hydrogen-bond donors (Lipinski definition) is 2. The minimum Gasteiger partial charge on any atom is -0.481 e. The van der Waals surface area contributed by atoms with Gasteiger partial charge in [0, 0.05) is 0 Å². The Labute approximate surface area is 157 Å². The van der Waals surface area contributed by atoms with Crippen LogP contribution in [-0.4, -0.2) is 41.4 Å². The van der Waals surface area contributed by atoms with Crippen LogP contribution in [0.3, 0.4) is 0 Å². The molecule has 7 nitrogen and oxygen atoms in total. The summed E-state index contributed by atoms with van der Waals surface area (Å²) >= 11 is 0. The molecule has 0 aromatic rings. The molecule has 0 saturated carbocycles. The summed E-state index contributed by atoms with van der Waals surface area (Å²) in [5.74, 6) is -2.66. The zero-order chi connectivity index (χ0) is 20.0. The van der Waals surface area contributed by atoms with Crippen LogP contribution in [0.1, 0.15) is 90.9 Å². The van der Waals surface area contributed by atoms with Crippen molar-refractivity contribution in [2.75, 3.05) is 0 Å². The molecule has 0 aliphatic rings. The Balaban J connectivity index is 4.75. The van der Waals surface area contributed by atoms with E-state index in [1.807, 2.05) is 0 Å². The summed E-state index contributed by atoms with van der Waals surface area (Å²) in [7, 11) is -4.82. The smallest absolute Gasteiger partial charge is 0.327 e. The SMILES string of the molecule is CCCCCCCC(CCCCCC)OC(=O)C(CC(=O)O)S(=O)(=O)O. The highest BCUT2D eigenvalue weighted by Crippen LogP contribution is 2.18. The Hall–Kier alpha value is -1.15. The van der Waals surface area contributed by atoms with Gasteiger partial charge in [0.25, 0.3) is 10.1 Å². The zero-order valence-corrected chi connectivity index (χ0v) is 16.8. The van der Waals surface area contributed by atoms with E-state index in [1.165, 1.54) is 0 Å². The van der Waals surface area contributed by atoms with E-state index in [2.05, 4.69) is 13.8 Å². The van der Waals surface area contributed by atoms with Crippen molar-refractivity contribution >= 4 is 22.1 Å². The lowest BCUT2D eigenvalue weighted by Gasteiger charge is -2.20. The highest BCUT2D eigenvalue weighted by molar-refractivity contribution is 7.87. The van der Waals surface area contributed by atoms with Crippen LogP contribution in [-0.2, 0) is 24.4 Å². The molecule has 2 unspecified atom stereocenters. The summed E-state index contributed by atoms with van der Waals surface area (Å²) in [6.45, 7) is 4.21. The highest BCUT2D eigenvalue weighted by atomic mass is 32.2. The molecular formula is C18H34O7S. The Kier molecular flexibility index (Phi) is 13.4. The Bertz CT molecular complexity index is 502. The number of carboxylic acid groups (broad SMARTS) is 1. The van der Waals surface area contributed by atoms with Crippen LogP contribution in [0.2, 0.25) is 0 Å². The second-order valence-electron chi connectivity index (χ2n) is 6.71. The molecule has 26 heavy (non-hydrogen) atoms. The molecule has 154 valence electrons. The van der Waals surface area contributed by atoms with E-state index in [4.69, 9.17) is 14.4 Å². The fourth-order valence-corrected chi connectivity index (χ4v) is 3.40. The Morgan fingerprint density at radius 3 is 1.77 bits per heavy atom. The average Bonchev–Trinajstić information content (AvgIpc) is 2.54. The first-order valence-corrected chi connectivity index (χ1v) is 11.1. The maximum Gasteiger partial charge on any atom is 0.327 e. The fraction of sp³-hybridized carbons (Fsp3) is 0.889. The molecule has 0 rings (SSSR count). The van der Waals surface area contributed by atoms with Crippen molar-refractivity contribution in [1.29, 1.82) is 0 Å². The highest BCUT2D eigenvalue weighted by Gasteiger charge is 2.36. The number of unbranched alkanes of at least 4 members (excludes halogenated alkanes) is 7. The van der Waals surface area contributed by atoms with Gasteiger partial charge in [0.05, 0.1) is 6.42 Å². The molecule has 0 aliphatic heterocycles. The third-order valence-corrected chi connectivity index (χ3v) is 5.35. The molecule has 0 aromatic carbocycles. The molecule has 0 heterocycles. The van der Waals surface area contributed by atoms with Gasteiger partial charge in [0.2, 0.25) is 0 Å². The predicted octanol–water partition coefficient (Wildman–Crippen LogP) is 3.96. The van der Waals surface area contributed by atoms with Crippen LogP contribution in [0.5, 0.6) is 0 Å². The summed E-state index contributed by atoms with van der Waals surface area (Å²) in [4.78, 5) is 22.9. The van der Waals surface area contributed by atoms with E-state index < -0.39 is 39.8 Å². The quantitative estimate of drug-likeness (QED) is 0.231. The number of esters is 1. The molecule has 0 aliphatic carbocycles. The van der Waals surface area contributed by atoms with Crippen LogP contribution in [0, 0.1) is 0 Å². The second-order valence-corrected chi connectivity index (χ2v) is 8.31. The van der Waals surface area contributed by atoms with Crippen molar-refractivity contribution in [3.63, 3.8) is 0 Å². The molecular weight excluding hydrogens is 360 g/mol. The molecule has 0 fully saturated rings. The lowest BCUT2D eigenvalue weighted by Crippen LogP contribution is -2.36. The van der Waals surface area contributed by atoms with E-state index in [9.17, 15) is 18.0 Å². The topological polar surface area (TPSA) is 118 Å². The first kappa shape index (κ1) is 24.8. The van der Waals surface area contributed by atoms with Gasteiger partial charge in [-0.3, -0.25) is 14.1 Å². The first-order chi connectivity index (χ1) is 12.2. The number of carboxylic acids is 1. The van der Waals surface area contributed by atoms with Gasteiger partial charge in [-0.25, -0.2) is 0 Å². The molecule has 2 N–H and O–H groups in total. The van der Waals surface area contributed by atoms with E-state index >= 15 is 0 Å². The summed E-state index contributed by atoms with van der Waals surface area (Å²) in [5.41, 5.74) is 0. The molecule has 8 heteroatoms. The lowest BCUT2D eigenvalue weighted by molar-refractivity contribution is -0.152. The van der Waals surface area contributed by atoms with Crippen LogP contribution in [0.15, 0.2) is 0 Å². The van der Waals surface area contributed by atoms with Gasteiger partial charge in [-0.2, -0.15) is 8.42 Å². The molecule has 0 aromatic heterocycles. The van der Waals surface area contributed by atoms with E-state index in [1.54, 1.807) is 0 Å². The maximum absolute atomic E-state index is 12.1. The number of carbonyl (C=O) groups is 2. The summed E-state index contributed by atoms with van der Waals surface area (Å²) in [6, 6.07) is 0.